The molecule has 0 unspecified atom stereocenters. The van der Waals surface area contributed by atoms with Crippen LogP contribution in [0.3, 0.4) is 0 Å². The van der Waals surface area contributed by atoms with Gasteiger partial charge in [0.15, 0.2) is 16.6 Å². The zero-order valence-electron chi connectivity index (χ0n) is 25.2. The van der Waals surface area contributed by atoms with Crippen LogP contribution in [0.4, 0.5) is 0 Å². The molecule has 0 bridgehead atoms. The van der Waals surface area contributed by atoms with Gasteiger partial charge in [-0.05, 0) is 74.1 Å². The van der Waals surface area contributed by atoms with Crippen LogP contribution in [0.15, 0.2) is 0 Å². The fourth-order valence-corrected chi connectivity index (χ4v) is 9.53. The Morgan fingerprint density at radius 2 is 1.53 bits per heavy atom. The van der Waals surface area contributed by atoms with E-state index in [1.165, 1.54) is 32.1 Å². The molecule has 3 aliphatic rings. The Morgan fingerprint density at radius 1 is 0.944 bits per heavy atom. The second-order valence-corrected chi connectivity index (χ2v) is 25.4. The molecule has 3 saturated carbocycles. The lowest BCUT2D eigenvalue weighted by Gasteiger charge is -2.56. The van der Waals surface area contributed by atoms with Crippen LogP contribution in [0.5, 0.6) is 0 Å². The molecule has 36 heavy (non-hydrogen) atoms. The van der Waals surface area contributed by atoms with E-state index in [0.717, 1.165) is 12.8 Å². The Labute approximate surface area is 229 Å². The first-order valence-corrected chi connectivity index (χ1v) is 21.4. The number of Topliss-reactive ketones (excluding diaryl/α,β-unsaturated/α-hetero) is 1. The predicted octanol–water partition coefficient (Wildman–Crippen LogP) is 8.45. The van der Waals surface area contributed by atoms with Gasteiger partial charge in [-0.25, -0.2) is 0 Å². The van der Waals surface area contributed by atoms with E-state index in [1.54, 1.807) is 11.8 Å². The molecule has 0 amide bonds. The zero-order chi connectivity index (χ0) is 27.2. The number of carbonyl (C=O) groups excluding carboxylic acids is 1. The first-order chi connectivity index (χ1) is 16.5. The van der Waals surface area contributed by atoms with Crippen molar-refractivity contribution in [3.05, 3.63) is 0 Å². The van der Waals surface area contributed by atoms with Crippen LogP contribution < -0.4 is 0 Å². The highest BCUT2D eigenvalue weighted by molar-refractivity contribution is 8.00. The standard InChI is InChI=1S/C30H54O3SSi2/c1-28(2,3)35(8,9)32-25(22-15-13-12-14-16-22)18-17-23-24-21-27(31)30(24,34-7)20-19-26(23)33-36(10,11)29(4,5)6/h22-26H,12-16,19-21H2,1-11H3/t23-,24-,25-,26-,30-/m1/s1. The summed E-state index contributed by atoms with van der Waals surface area (Å²) in [7, 11) is -3.90. The lowest BCUT2D eigenvalue weighted by Crippen LogP contribution is -2.63. The van der Waals surface area contributed by atoms with Gasteiger partial charge in [0.05, 0.1) is 16.8 Å². The van der Waals surface area contributed by atoms with Crippen molar-refractivity contribution in [2.75, 3.05) is 6.26 Å². The highest BCUT2D eigenvalue weighted by atomic mass is 32.2. The van der Waals surface area contributed by atoms with E-state index in [2.05, 4.69) is 85.8 Å². The second kappa shape index (κ2) is 10.8. The van der Waals surface area contributed by atoms with E-state index in [1.807, 2.05) is 0 Å². The van der Waals surface area contributed by atoms with E-state index in [-0.39, 0.29) is 32.9 Å². The summed E-state index contributed by atoms with van der Waals surface area (Å²) in [5, 5.41) is 0.319. The SMILES string of the molecule is CS[C@]12CC[C@@H](O[Si](C)(C)C(C)(C)C)[C@H](C#C[C@@H](O[Si](C)(C)C(C)(C)C)C3CCCCC3)[C@H]1CC2=O. The normalized spacial score (nSPS) is 31.2. The molecule has 3 aliphatic carbocycles. The van der Waals surface area contributed by atoms with Gasteiger partial charge in [-0.1, -0.05) is 72.6 Å². The number of carbonyl (C=O) groups is 1. The van der Waals surface area contributed by atoms with Gasteiger partial charge in [-0.15, -0.1) is 0 Å². The molecule has 0 radical (unpaired) electrons. The zero-order valence-corrected chi connectivity index (χ0v) is 28.0. The van der Waals surface area contributed by atoms with E-state index in [9.17, 15) is 4.79 Å². The van der Waals surface area contributed by atoms with Gasteiger partial charge >= 0.3 is 0 Å². The molecule has 0 aromatic rings. The van der Waals surface area contributed by atoms with Gasteiger partial charge in [0, 0.05) is 12.3 Å². The number of thioether (sulfide) groups is 1. The number of hydrogen-bond acceptors (Lipinski definition) is 4. The van der Waals surface area contributed by atoms with Crippen molar-refractivity contribution in [1.29, 1.82) is 0 Å². The summed E-state index contributed by atoms with van der Waals surface area (Å²) in [6, 6.07) is 0. The summed E-state index contributed by atoms with van der Waals surface area (Å²) in [5.74, 6) is 8.94. The first-order valence-electron chi connectivity index (χ1n) is 14.4. The number of ketones is 1. The Morgan fingerprint density at radius 3 is 2.03 bits per heavy atom. The van der Waals surface area contributed by atoms with Crippen LogP contribution in [0.25, 0.3) is 0 Å². The third kappa shape index (κ3) is 6.06. The molecule has 3 nitrogen and oxygen atoms in total. The molecule has 0 N–H and O–H groups in total. The largest absolute Gasteiger partial charge is 0.413 e. The molecular weight excluding hydrogens is 497 g/mol. The molecule has 5 atom stereocenters. The summed E-state index contributed by atoms with van der Waals surface area (Å²) in [6.07, 6.45) is 11.1. The minimum Gasteiger partial charge on any atom is -0.413 e. The molecule has 3 fully saturated rings. The number of rotatable bonds is 6. The third-order valence-electron chi connectivity index (χ3n) is 10.4. The van der Waals surface area contributed by atoms with E-state index in [0.29, 0.717) is 24.0 Å². The summed E-state index contributed by atoms with van der Waals surface area (Å²) >= 11 is 1.77. The molecule has 0 heterocycles. The highest BCUT2D eigenvalue weighted by Crippen LogP contribution is 2.57. The molecule has 0 aliphatic heterocycles. The third-order valence-corrected chi connectivity index (χ3v) is 20.8. The highest BCUT2D eigenvalue weighted by Gasteiger charge is 2.61. The molecule has 0 aromatic heterocycles. The van der Waals surface area contributed by atoms with Crippen molar-refractivity contribution in [3.63, 3.8) is 0 Å². The van der Waals surface area contributed by atoms with E-state index >= 15 is 0 Å². The number of fused-ring (bicyclic) bond motifs is 1. The van der Waals surface area contributed by atoms with Crippen LogP contribution in [-0.2, 0) is 13.6 Å². The quantitative estimate of drug-likeness (QED) is 0.245. The Balaban J connectivity index is 1.96. The maximum atomic E-state index is 12.9. The topological polar surface area (TPSA) is 35.5 Å². The average molecular weight is 551 g/mol. The number of hydrogen-bond donors (Lipinski definition) is 0. The fraction of sp³-hybridized carbons (Fsp3) is 0.900. The van der Waals surface area contributed by atoms with Crippen molar-refractivity contribution in [2.24, 2.45) is 17.8 Å². The minimum absolute atomic E-state index is 0.00102. The molecular formula is C30H54O3SSi2. The van der Waals surface area contributed by atoms with Crippen molar-refractivity contribution >= 4 is 34.2 Å². The van der Waals surface area contributed by atoms with Crippen LogP contribution in [0, 0.1) is 29.6 Å². The Hall–Kier alpha value is -0.0662. The van der Waals surface area contributed by atoms with Crippen molar-refractivity contribution in [3.8, 4) is 11.8 Å². The first kappa shape index (κ1) is 30.5. The molecule has 206 valence electrons. The van der Waals surface area contributed by atoms with Crippen molar-refractivity contribution in [1.82, 2.24) is 0 Å². The lowest BCUT2D eigenvalue weighted by atomic mass is 9.58. The van der Waals surface area contributed by atoms with Gasteiger partial charge in [0.25, 0.3) is 0 Å². The van der Waals surface area contributed by atoms with Gasteiger partial charge < -0.3 is 8.85 Å². The predicted molar refractivity (Wildman–Crippen MR) is 161 cm³/mol. The van der Waals surface area contributed by atoms with E-state index < -0.39 is 16.6 Å². The van der Waals surface area contributed by atoms with Gasteiger partial charge in [0.1, 0.15) is 11.9 Å². The summed E-state index contributed by atoms with van der Waals surface area (Å²) in [4.78, 5) is 12.9. The summed E-state index contributed by atoms with van der Waals surface area (Å²) in [5.41, 5.74) is 0. The molecule has 0 spiro atoms. The lowest BCUT2D eigenvalue weighted by molar-refractivity contribution is -0.137. The average Bonchev–Trinajstić information content (AvgIpc) is 2.76. The van der Waals surface area contributed by atoms with Gasteiger partial charge in [-0.3, -0.25) is 4.79 Å². The Kier molecular flexibility index (Phi) is 9.17. The van der Waals surface area contributed by atoms with Crippen molar-refractivity contribution in [2.45, 2.75) is 146 Å². The van der Waals surface area contributed by atoms with Crippen LogP contribution in [-0.4, -0.2) is 45.6 Å². The van der Waals surface area contributed by atoms with Crippen LogP contribution in [0.1, 0.15) is 92.9 Å². The summed E-state index contributed by atoms with van der Waals surface area (Å²) < 4.78 is 13.8. The van der Waals surface area contributed by atoms with Gasteiger partial charge in [0.2, 0.25) is 0 Å². The monoisotopic (exact) mass is 550 g/mol. The molecule has 0 saturated heterocycles. The molecule has 6 heteroatoms. The van der Waals surface area contributed by atoms with Crippen molar-refractivity contribution < 1.29 is 13.6 Å². The molecule has 3 rings (SSSR count). The molecule has 0 aromatic carbocycles. The minimum atomic E-state index is -1.95. The van der Waals surface area contributed by atoms with Crippen LogP contribution in [0.2, 0.25) is 36.3 Å². The smallest absolute Gasteiger partial charge is 0.193 e. The summed E-state index contributed by atoms with van der Waals surface area (Å²) in [6.45, 7) is 23.3. The Bertz CT molecular complexity index is 854. The maximum Gasteiger partial charge on any atom is 0.193 e. The maximum absolute atomic E-state index is 12.9. The van der Waals surface area contributed by atoms with Gasteiger partial charge in [-0.2, -0.15) is 11.8 Å². The van der Waals surface area contributed by atoms with Crippen LogP contribution >= 0.6 is 11.8 Å². The fourth-order valence-electron chi connectivity index (χ4n) is 5.75. The van der Waals surface area contributed by atoms with E-state index in [4.69, 9.17) is 8.85 Å². The second-order valence-electron chi connectivity index (χ2n) is 14.8.